The van der Waals surface area contributed by atoms with Gasteiger partial charge in [0, 0.05) is 13.1 Å². The molecule has 116 valence electrons. The predicted octanol–water partition coefficient (Wildman–Crippen LogP) is 5.61. The lowest BCUT2D eigenvalue weighted by atomic mass is 9.91. The van der Waals surface area contributed by atoms with E-state index in [1.165, 1.54) is 31.5 Å². The summed E-state index contributed by atoms with van der Waals surface area (Å²) in [6.45, 7) is 16.4. The molecular weight excluding hydrogens is 242 g/mol. The Morgan fingerprint density at radius 1 is 1.10 bits per heavy atom. The van der Waals surface area contributed by atoms with E-state index in [9.17, 15) is 0 Å². The monoisotopic (exact) mass is 277 g/mol. The summed E-state index contributed by atoms with van der Waals surface area (Å²) in [5, 5.41) is 0. The van der Waals surface area contributed by atoms with Crippen molar-refractivity contribution in [2.45, 2.75) is 60.9 Å². The first-order chi connectivity index (χ1) is 9.79. The smallest absolute Gasteiger partial charge is 0.0233 e. The SMILES string of the molecule is CC.CC.CC[C@@H](C)C1CCN(Cc2ccccc2)C1. The minimum atomic E-state index is 0.890. The van der Waals surface area contributed by atoms with Gasteiger partial charge in [0.2, 0.25) is 0 Å². The number of nitrogens with zero attached hydrogens (tertiary/aromatic N) is 1. The van der Waals surface area contributed by atoms with Crippen molar-refractivity contribution >= 4 is 0 Å². The van der Waals surface area contributed by atoms with Crippen molar-refractivity contribution < 1.29 is 0 Å². The molecule has 1 heterocycles. The fourth-order valence-electron chi connectivity index (χ4n) is 2.65. The van der Waals surface area contributed by atoms with E-state index in [1.54, 1.807) is 0 Å². The number of rotatable bonds is 4. The summed E-state index contributed by atoms with van der Waals surface area (Å²) in [6.07, 6.45) is 2.71. The van der Waals surface area contributed by atoms with E-state index in [2.05, 4.69) is 49.1 Å². The van der Waals surface area contributed by atoms with E-state index in [0.717, 1.165) is 18.4 Å². The molecule has 0 aliphatic carbocycles. The summed E-state index contributed by atoms with van der Waals surface area (Å²) in [5.41, 5.74) is 1.45. The quantitative estimate of drug-likeness (QED) is 0.691. The van der Waals surface area contributed by atoms with Gasteiger partial charge in [-0.3, -0.25) is 4.90 Å². The molecule has 20 heavy (non-hydrogen) atoms. The van der Waals surface area contributed by atoms with E-state index in [-0.39, 0.29) is 0 Å². The van der Waals surface area contributed by atoms with Crippen LogP contribution in [0.5, 0.6) is 0 Å². The molecular formula is C19H35N. The minimum absolute atomic E-state index is 0.890. The second-order valence-corrected chi connectivity index (χ2v) is 5.16. The highest BCUT2D eigenvalue weighted by Crippen LogP contribution is 2.26. The van der Waals surface area contributed by atoms with Crippen LogP contribution in [-0.2, 0) is 6.54 Å². The Morgan fingerprint density at radius 3 is 2.25 bits per heavy atom. The van der Waals surface area contributed by atoms with Crippen molar-refractivity contribution in [3.63, 3.8) is 0 Å². The van der Waals surface area contributed by atoms with Gasteiger partial charge in [0.05, 0.1) is 0 Å². The molecule has 1 fully saturated rings. The second kappa shape index (κ2) is 12.0. The van der Waals surface area contributed by atoms with Crippen LogP contribution in [0.4, 0.5) is 0 Å². The molecule has 1 aromatic carbocycles. The van der Waals surface area contributed by atoms with Crippen LogP contribution in [0.25, 0.3) is 0 Å². The Kier molecular flexibility index (Phi) is 11.5. The van der Waals surface area contributed by atoms with Crippen molar-refractivity contribution in [2.75, 3.05) is 13.1 Å². The molecule has 1 aliphatic heterocycles. The number of hydrogen-bond acceptors (Lipinski definition) is 1. The molecule has 2 rings (SSSR count). The Hall–Kier alpha value is -0.820. The highest BCUT2D eigenvalue weighted by Gasteiger charge is 2.25. The topological polar surface area (TPSA) is 3.24 Å². The third-order valence-corrected chi connectivity index (χ3v) is 4.01. The summed E-state index contributed by atoms with van der Waals surface area (Å²) in [4.78, 5) is 2.60. The maximum absolute atomic E-state index is 2.60. The number of likely N-dealkylation sites (tertiary alicyclic amines) is 1. The molecule has 0 aromatic heterocycles. The van der Waals surface area contributed by atoms with E-state index in [4.69, 9.17) is 0 Å². The van der Waals surface area contributed by atoms with Crippen LogP contribution in [0.15, 0.2) is 30.3 Å². The predicted molar refractivity (Wildman–Crippen MR) is 92.0 cm³/mol. The zero-order chi connectivity index (χ0) is 15.4. The van der Waals surface area contributed by atoms with E-state index < -0.39 is 0 Å². The van der Waals surface area contributed by atoms with Crippen molar-refractivity contribution in [3.8, 4) is 0 Å². The van der Waals surface area contributed by atoms with Gasteiger partial charge >= 0.3 is 0 Å². The molecule has 1 saturated heterocycles. The highest BCUT2D eigenvalue weighted by atomic mass is 15.1. The average Bonchev–Trinajstić information content (AvgIpc) is 3.00. The van der Waals surface area contributed by atoms with Crippen molar-refractivity contribution in [1.29, 1.82) is 0 Å². The zero-order valence-corrected chi connectivity index (χ0v) is 14.5. The largest absolute Gasteiger partial charge is 0.299 e. The standard InChI is InChI=1S/C15H23N.2C2H6/c1-3-13(2)15-9-10-16(12-15)11-14-7-5-4-6-8-14;2*1-2/h4-8,13,15H,3,9-12H2,1-2H3;2*1-2H3/t13-,15?;;/m1../s1. The summed E-state index contributed by atoms with van der Waals surface area (Å²) in [7, 11) is 0. The third kappa shape index (κ3) is 6.56. The summed E-state index contributed by atoms with van der Waals surface area (Å²) >= 11 is 0. The van der Waals surface area contributed by atoms with Crippen LogP contribution in [-0.4, -0.2) is 18.0 Å². The van der Waals surface area contributed by atoms with Gasteiger partial charge in [-0.05, 0) is 30.4 Å². The summed E-state index contributed by atoms with van der Waals surface area (Å²) in [6, 6.07) is 10.8. The van der Waals surface area contributed by atoms with Crippen LogP contribution in [0.1, 0.15) is 59.9 Å². The third-order valence-electron chi connectivity index (χ3n) is 4.01. The number of hydrogen-bond donors (Lipinski definition) is 0. The van der Waals surface area contributed by atoms with Gasteiger partial charge in [-0.25, -0.2) is 0 Å². The molecule has 2 atom stereocenters. The van der Waals surface area contributed by atoms with Gasteiger partial charge in [0.25, 0.3) is 0 Å². The molecule has 0 bridgehead atoms. The summed E-state index contributed by atoms with van der Waals surface area (Å²) in [5.74, 6) is 1.81. The molecule has 1 aromatic rings. The minimum Gasteiger partial charge on any atom is -0.299 e. The lowest BCUT2D eigenvalue weighted by molar-refractivity contribution is 0.287. The Labute approximate surface area is 127 Å². The summed E-state index contributed by atoms with van der Waals surface area (Å²) < 4.78 is 0. The van der Waals surface area contributed by atoms with Crippen LogP contribution >= 0.6 is 0 Å². The molecule has 0 N–H and O–H groups in total. The first-order valence-corrected chi connectivity index (χ1v) is 8.56. The lowest BCUT2D eigenvalue weighted by Gasteiger charge is -2.19. The number of benzene rings is 1. The van der Waals surface area contributed by atoms with Crippen LogP contribution in [0, 0.1) is 11.8 Å². The highest BCUT2D eigenvalue weighted by molar-refractivity contribution is 5.14. The van der Waals surface area contributed by atoms with E-state index in [0.29, 0.717) is 0 Å². The van der Waals surface area contributed by atoms with Gasteiger partial charge in [0.1, 0.15) is 0 Å². The van der Waals surface area contributed by atoms with Gasteiger partial charge in [-0.15, -0.1) is 0 Å². The molecule has 1 heteroatoms. The van der Waals surface area contributed by atoms with Crippen LogP contribution in [0.3, 0.4) is 0 Å². The van der Waals surface area contributed by atoms with E-state index in [1.807, 2.05) is 27.7 Å². The molecule has 0 amide bonds. The second-order valence-electron chi connectivity index (χ2n) is 5.16. The fourth-order valence-corrected chi connectivity index (χ4v) is 2.65. The van der Waals surface area contributed by atoms with Gasteiger partial charge in [-0.2, -0.15) is 0 Å². The molecule has 1 nitrogen and oxygen atoms in total. The normalized spacial score (nSPS) is 19.4. The van der Waals surface area contributed by atoms with Crippen molar-refractivity contribution in [2.24, 2.45) is 11.8 Å². The molecule has 1 aliphatic rings. The molecule has 0 spiro atoms. The zero-order valence-electron chi connectivity index (χ0n) is 14.5. The van der Waals surface area contributed by atoms with Crippen LogP contribution < -0.4 is 0 Å². The van der Waals surface area contributed by atoms with Gasteiger partial charge in [0.15, 0.2) is 0 Å². The first kappa shape index (κ1) is 19.2. The Morgan fingerprint density at radius 2 is 1.70 bits per heavy atom. The van der Waals surface area contributed by atoms with Crippen LogP contribution in [0.2, 0.25) is 0 Å². The lowest BCUT2D eigenvalue weighted by Crippen LogP contribution is -2.21. The maximum Gasteiger partial charge on any atom is 0.0233 e. The molecule has 0 radical (unpaired) electrons. The Balaban J connectivity index is 0.000000829. The van der Waals surface area contributed by atoms with Gasteiger partial charge in [-0.1, -0.05) is 78.3 Å². The average molecular weight is 277 g/mol. The maximum atomic E-state index is 2.60. The molecule has 1 unspecified atom stereocenters. The first-order valence-electron chi connectivity index (χ1n) is 8.56. The molecule has 0 saturated carbocycles. The fraction of sp³-hybridized carbons (Fsp3) is 0.684. The van der Waals surface area contributed by atoms with Crippen molar-refractivity contribution in [3.05, 3.63) is 35.9 Å². The van der Waals surface area contributed by atoms with Gasteiger partial charge < -0.3 is 0 Å². The van der Waals surface area contributed by atoms with Crippen molar-refractivity contribution in [1.82, 2.24) is 4.90 Å². The Bertz CT molecular complexity index is 307. The van der Waals surface area contributed by atoms with E-state index >= 15 is 0 Å².